The summed E-state index contributed by atoms with van der Waals surface area (Å²) in [7, 11) is 0. The number of benzene rings is 2. The standard InChI is InChI=1S/C17H15F3N2O3/c1-10(25-14-4-2-3-12(9-14)17(18,19)20)16(24)22-13-7-5-11(6-8-13)15(21)23/h2-10H,1H3,(H2,21,23)(H,22,24)/t10-/m0/s1. The minimum atomic E-state index is -4.49. The van der Waals surface area contributed by atoms with Crippen molar-refractivity contribution < 1.29 is 27.5 Å². The summed E-state index contributed by atoms with van der Waals surface area (Å²) in [6.07, 6.45) is -5.52. The van der Waals surface area contributed by atoms with E-state index in [1.54, 1.807) is 0 Å². The topological polar surface area (TPSA) is 81.4 Å². The van der Waals surface area contributed by atoms with E-state index in [2.05, 4.69) is 5.32 Å². The largest absolute Gasteiger partial charge is 0.481 e. The van der Waals surface area contributed by atoms with Gasteiger partial charge in [0.1, 0.15) is 5.75 Å². The predicted octanol–water partition coefficient (Wildman–Crippen LogP) is 3.21. The Kier molecular flexibility index (Phi) is 5.31. The van der Waals surface area contributed by atoms with E-state index in [1.807, 2.05) is 0 Å². The van der Waals surface area contributed by atoms with Gasteiger partial charge in [-0.1, -0.05) is 6.07 Å². The van der Waals surface area contributed by atoms with E-state index in [0.29, 0.717) is 5.69 Å². The van der Waals surface area contributed by atoms with Crippen molar-refractivity contribution in [2.75, 3.05) is 5.32 Å². The summed E-state index contributed by atoms with van der Waals surface area (Å²) in [5.41, 5.74) is 4.94. The highest BCUT2D eigenvalue weighted by Gasteiger charge is 2.30. The summed E-state index contributed by atoms with van der Waals surface area (Å²) in [6, 6.07) is 10.1. The van der Waals surface area contributed by atoms with Crippen molar-refractivity contribution in [3.63, 3.8) is 0 Å². The quantitative estimate of drug-likeness (QED) is 0.867. The summed E-state index contributed by atoms with van der Waals surface area (Å²) >= 11 is 0. The van der Waals surface area contributed by atoms with Crippen LogP contribution >= 0.6 is 0 Å². The fraction of sp³-hybridized carbons (Fsp3) is 0.176. The molecule has 2 amide bonds. The predicted molar refractivity (Wildman–Crippen MR) is 85.1 cm³/mol. The molecule has 132 valence electrons. The first-order chi connectivity index (χ1) is 11.7. The Morgan fingerprint density at radius 1 is 1.12 bits per heavy atom. The van der Waals surface area contributed by atoms with E-state index in [1.165, 1.54) is 43.3 Å². The van der Waals surface area contributed by atoms with Crippen LogP contribution in [0, 0.1) is 0 Å². The van der Waals surface area contributed by atoms with Gasteiger partial charge in [-0.3, -0.25) is 9.59 Å². The fourth-order valence-corrected chi connectivity index (χ4v) is 1.97. The number of nitrogens with two attached hydrogens (primary N) is 1. The van der Waals surface area contributed by atoms with Crippen LogP contribution < -0.4 is 15.8 Å². The number of alkyl halides is 3. The van der Waals surface area contributed by atoms with Crippen LogP contribution in [0.1, 0.15) is 22.8 Å². The Morgan fingerprint density at radius 2 is 1.76 bits per heavy atom. The third kappa shape index (κ3) is 4.97. The molecule has 8 heteroatoms. The lowest BCUT2D eigenvalue weighted by molar-refractivity contribution is -0.137. The van der Waals surface area contributed by atoms with Crippen molar-refractivity contribution in [2.45, 2.75) is 19.2 Å². The third-order valence-corrected chi connectivity index (χ3v) is 3.28. The zero-order chi connectivity index (χ0) is 18.6. The van der Waals surface area contributed by atoms with E-state index in [0.717, 1.165) is 12.1 Å². The third-order valence-electron chi connectivity index (χ3n) is 3.28. The highest BCUT2D eigenvalue weighted by atomic mass is 19.4. The molecule has 0 heterocycles. The second-order valence-corrected chi connectivity index (χ2v) is 5.22. The molecule has 0 aromatic heterocycles. The molecule has 25 heavy (non-hydrogen) atoms. The van der Waals surface area contributed by atoms with Crippen molar-refractivity contribution in [1.82, 2.24) is 0 Å². The molecule has 2 aromatic rings. The highest BCUT2D eigenvalue weighted by molar-refractivity contribution is 5.96. The smallest absolute Gasteiger partial charge is 0.416 e. The summed E-state index contributed by atoms with van der Waals surface area (Å²) < 4.78 is 43.3. The molecular formula is C17H15F3N2O3. The van der Waals surface area contributed by atoms with Crippen LogP contribution in [0.15, 0.2) is 48.5 Å². The van der Waals surface area contributed by atoms with Gasteiger partial charge in [0.2, 0.25) is 5.91 Å². The van der Waals surface area contributed by atoms with Crippen molar-refractivity contribution in [3.8, 4) is 5.75 Å². The molecule has 0 bridgehead atoms. The van der Waals surface area contributed by atoms with Crippen LogP contribution in [0.25, 0.3) is 0 Å². The number of primary amides is 1. The zero-order valence-corrected chi connectivity index (χ0v) is 13.1. The monoisotopic (exact) mass is 352 g/mol. The molecule has 3 N–H and O–H groups in total. The Labute approximate surface area is 141 Å². The van der Waals surface area contributed by atoms with Gasteiger partial charge >= 0.3 is 6.18 Å². The summed E-state index contributed by atoms with van der Waals surface area (Å²) in [4.78, 5) is 23.0. The Bertz CT molecular complexity index is 773. The van der Waals surface area contributed by atoms with Gasteiger partial charge < -0.3 is 15.8 Å². The molecule has 0 unspecified atom stereocenters. The molecule has 0 fully saturated rings. The molecule has 2 aromatic carbocycles. The minimum absolute atomic E-state index is 0.0680. The summed E-state index contributed by atoms with van der Waals surface area (Å²) in [5, 5.41) is 2.53. The Hall–Kier alpha value is -3.03. The van der Waals surface area contributed by atoms with E-state index < -0.39 is 29.7 Å². The number of anilines is 1. The average Bonchev–Trinajstić information content (AvgIpc) is 2.54. The number of carbonyl (C=O) groups is 2. The number of nitrogens with one attached hydrogen (secondary N) is 1. The first kappa shape index (κ1) is 18.3. The number of amides is 2. The molecule has 0 radical (unpaired) electrons. The van der Waals surface area contributed by atoms with Gasteiger partial charge in [0, 0.05) is 11.3 Å². The maximum absolute atomic E-state index is 12.7. The molecule has 0 saturated carbocycles. The number of carbonyl (C=O) groups excluding carboxylic acids is 2. The maximum Gasteiger partial charge on any atom is 0.416 e. The zero-order valence-electron chi connectivity index (χ0n) is 13.1. The van der Waals surface area contributed by atoms with Gasteiger partial charge in [0.05, 0.1) is 5.56 Å². The van der Waals surface area contributed by atoms with Gasteiger partial charge in [-0.2, -0.15) is 13.2 Å². The van der Waals surface area contributed by atoms with Crippen molar-refractivity contribution in [3.05, 3.63) is 59.7 Å². The Balaban J connectivity index is 2.02. The van der Waals surface area contributed by atoms with Crippen LogP contribution in [0.2, 0.25) is 0 Å². The molecule has 0 aliphatic heterocycles. The fourth-order valence-electron chi connectivity index (χ4n) is 1.97. The number of rotatable bonds is 5. The van der Waals surface area contributed by atoms with Crippen molar-refractivity contribution >= 4 is 17.5 Å². The lowest BCUT2D eigenvalue weighted by Gasteiger charge is -2.16. The minimum Gasteiger partial charge on any atom is -0.481 e. The van der Waals surface area contributed by atoms with Crippen LogP contribution in [0.3, 0.4) is 0 Å². The SMILES string of the molecule is C[C@H](Oc1cccc(C(F)(F)F)c1)C(=O)Nc1ccc(C(N)=O)cc1. The van der Waals surface area contributed by atoms with E-state index in [9.17, 15) is 22.8 Å². The lowest BCUT2D eigenvalue weighted by atomic mass is 10.2. The highest BCUT2D eigenvalue weighted by Crippen LogP contribution is 2.31. The molecule has 5 nitrogen and oxygen atoms in total. The van der Waals surface area contributed by atoms with Crippen LogP contribution in [0.4, 0.5) is 18.9 Å². The van der Waals surface area contributed by atoms with Crippen molar-refractivity contribution in [1.29, 1.82) is 0 Å². The second kappa shape index (κ2) is 7.25. The van der Waals surface area contributed by atoms with Gasteiger partial charge in [-0.15, -0.1) is 0 Å². The van der Waals surface area contributed by atoms with Crippen LogP contribution in [-0.2, 0) is 11.0 Å². The molecule has 0 saturated heterocycles. The maximum atomic E-state index is 12.7. The first-order valence-corrected chi connectivity index (χ1v) is 7.21. The van der Waals surface area contributed by atoms with Gasteiger partial charge in [0.25, 0.3) is 5.91 Å². The van der Waals surface area contributed by atoms with Crippen LogP contribution in [0.5, 0.6) is 5.75 Å². The molecular weight excluding hydrogens is 337 g/mol. The average molecular weight is 352 g/mol. The number of hydrogen-bond acceptors (Lipinski definition) is 3. The van der Waals surface area contributed by atoms with Gasteiger partial charge in [-0.25, -0.2) is 0 Å². The summed E-state index contributed by atoms with van der Waals surface area (Å²) in [5.74, 6) is -1.22. The first-order valence-electron chi connectivity index (χ1n) is 7.21. The molecule has 2 rings (SSSR count). The summed E-state index contributed by atoms with van der Waals surface area (Å²) in [6.45, 7) is 1.41. The molecule has 0 aliphatic rings. The number of ether oxygens (including phenoxy) is 1. The molecule has 0 spiro atoms. The molecule has 1 atom stereocenters. The van der Waals surface area contributed by atoms with E-state index >= 15 is 0 Å². The second-order valence-electron chi connectivity index (χ2n) is 5.22. The van der Waals surface area contributed by atoms with E-state index in [4.69, 9.17) is 10.5 Å². The molecule has 0 aliphatic carbocycles. The lowest BCUT2D eigenvalue weighted by Crippen LogP contribution is -2.30. The van der Waals surface area contributed by atoms with Crippen LogP contribution in [-0.4, -0.2) is 17.9 Å². The van der Waals surface area contributed by atoms with Gasteiger partial charge in [-0.05, 0) is 49.4 Å². The van der Waals surface area contributed by atoms with Crippen molar-refractivity contribution in [2.24, 2.45) is 5.73 Å². The Morgan fingerprint density at radius 3 is 2.32 bits per heavy atom. The normalized spacial score (nSPS) is 12.3. The number of halogens is 3. The number of hydrogen-bond donors (Lipinski definition) is 2. The van der Waals surface area contributed by atoms with Gasteiger partial charge in [0.15, 0.2) is 6.10 Å². The van der Waals surface area contributed by atoms with E-state index in [-0.39, 0.29) is 11.3 Å².